The topological polar surface area (TPSA) is 77.0 Å². The molecule has 1 saturated carbocycles. The molecule has 3 heterocycles. The first-order valence-corrected chi connectivity index (χ1v) is 9.88. The Labute approximate surface area is 160 Å². The summed E-state index contributed by atoms with van der Waals surface area (Å²) in [5.41, 5.74) is 1.67. The number of aromatic nitrogens is 3. The predicted octanol–water partition coefficient (Wildman–Crippen LogP) is 3.56. The van der Waals surface area contributed by atoms with Crippen molar-refractivity contribution in [2.45, 2.75) is 51.1 Å². The lowest BCUT2D eigenvalue weighted by molar-refractivity contribution is 0.198. The first-order chi connectivity index (χ1) is 13.0. The SMILES string of the molecule is CCC1CNc2cnc(-c3ccnc(N(C)C)c3)nc2[N+]1([O-])C1CCCC1. The lowest BCUT2D eigenvalue weighted by Crippen LogP contribution is -2.62. The van der Waals surface area contributed by atoms with E-state index in [1.54, 1.807) is 12.4 Å². The van der Waals surface area contributed by atoms with E-state index in [2.05, 4.69) is 22.2 Å². The van der Waals surface area contributed by atoms with E-state index in [-0.39, 0.29) is 16.7 Å². The highest BCUT2D eigenvalue weighted by atomic mass is 16.6. The summed E-state index contributed by atoms with van der Waals surface area (Å²) in [6.07, 6.45) is 8.63. The Bertz CT molecular complexity index is 820. The number of quaternary nitrogens is 1. The molecule has 144 valence electrons. The Morgan fingerprint density at radius 3 is 2.74 bits per heavy atom. The minimum Gasteiger partial charge on any atom is -0.626 e. The van der Waals surface area contributed by atoms with Crippen LogP contribution in [0.25, 0.3) is 11.4 Å². The number of hydrogen-bond acceptors (Lipinski definition) is 6. The van der Waals surface area contributed by atoms with Gasteiger partial charge in [-0.05, 0) is 31.4 Å². The van der Waals surface area contributed by atoms with Crippen LogP contribution in [0.4, 0.5) is 17.3 Å². The van der Waals surface area contributed by atoms with Gasteiger partial charge in [0, 0.05) is 38.7 Å². The third-order valence-corrected chi connectivity index (χ3v) is 5.97. The Morgan fingerprint density at radius 2 is 2.04 bits per heavy atom. The van der Waals surface area contributed by atoms with Gasteiger partial charge in [0.2, 0.25) is 0 Å². The molecule has 1 N–H and O–H groups in total. The molecule has 0 saturated heterocycles. The fraction of sp³-hybridized carbons (Fsp3) is 0.550. The number of anilines is 2. The van der Waals surface area contributed by atoms with Crippen LogP contribution in [0, 0.1) is 5.21 Å². The van der Waals surface area contributed by atoms with Gasteiger partial charge in [0.05, 0.1) is 18.8 Å². The molecule has 2 atom stereocenters. The lowest BCUT2D eigenvalue weighted by Gasteiger charge is -2.53. The maximum atomic E-state index is 14.3. The van der Waals surface area contributed by atoms with Gasteiger partial charge in [0.1, 0.15) is 17.5 Å². The minimum absolute atomic E-state index is 0.00174. The van der Waals surface area contributed by atoms with Gasteiger partial charge in [0.15, 0.2) is 5.82 Å². The molecule has 1 fully saturated rings. The van der Waals surface area contributed by atoms with Crippen molar-refractivity contribution in [2.24, 2.45) is 0 Å². The van der Waals surface area contributed by atoms with Crippen LogP contribution in [0.5, 0.6) is 0 Å². The molecule has 0 spiro atoms. The van der Waals surface area contributed by atoms with Crippen molar-refractivity contribution in [3.8, 4) is 11.4 Å². The monoisotopic (exact) mass is 368 g/mol. The summed E-state index contributed by atoms with van der Waals surface area (Å²) in [6, 6.07) is 3.97. The van der Waals surface area contributed by atoms with E-state index in [9.17, 15) is 5.21 Å². The van der Waals surface area contributed by atoms with Crippen LogP contribution in [-0.4, -0.2) is 47.7 Å². The summed E-state index contributed by atoms with van der Waals surface area (Å²) in [5.74, 6) is 2.04. The van der Waals surface area contributed by atoms with E-state index in [1.165, 1.54) is 0 Å². The van der Waals surface area contributed by atoms with Crippen LogP contribution < -0.4 is 14.9 Å². The van der Waals surface area contributed by atoms with E-state index in [0.717, 1.165) is 49.2 Å². The number of hydroxylamine groups is 2. The molecule has 0 aromatic carbocycles. The molecule has 7 nitrogen and oxygen atoms in total. The van der Waals surface area contributed by atoms with Crippen molar-refractivity contribution in [3.63, 3.8) is 0 Å². The Balaban J connectivity index is 1.80. The molecule has 2 aliphatic rings. The molecular formula is C20H28N6O. The summed E-state index contributed by atoms with van der Waals surface area (Å²) >= 11 is 0. The Kier molecular flexibility index (Phi) is 4.74. The van der Waals surface area contributed by atoms with Crippen molar-refractivity contribution in [2.75, 3.05) is 30.9 Å². The average molecular weight is 368 g/mol. The number of hydrogen-bond donors (Lipinski definition) is 1. The first-order valence-electron chi connectivity index (χ1n) is 9.88. The molecule has 7 heteroatoms. The third-order valence-electron chi connectivity index (χ3n) is 5.97. The smallest absolute Gasteiger partial charge is 0.255 e. The maximum absolute atomic E-state index is 14.3. The van der Waals surface area contributed by atoms with E-state index in [4.69, 9.17) is 4.98 Å². The molecule has 2 aromatic heterocycles. The van der Waals surface area contributed by atoms with Crippen molar-refractivity contribution < 1.29 is 0 Å². The molecule has 0 amide bonds. The third kappa shape index (κ3) is 3.04. The van der Waals surface area contributed by atoms with Gasteiger partial charge in [-0.1, -0.05) is 6.92 Å². The number of fused-ring (bicyclic) bond motifs is 1. The van der Waals surface area contributed by atoms with E-state index in [0.29, 0.717) is 18.2 Å². The normalized spacial score (nSPS) is 25.1. The maximum Gasteiger partial charge on any atom is 0.255 e. The fourth-order valence-corrected chi connectivity index (χ4v) is 4.42. The number of nitrogens with zero attached hydrogens (tertiary/aromatic N) is 5. The van der Waals surface area contributed by atoms with Gasteiger partial charge in [0.25, 0.3) is 5.82 Å². The summed E-state index contributed by atoms with van der Waals surface area (Å²) in [4.78, 5) is 15.7. The molecule has 1 aliphatic heterocycles. The van der Waals surface area contributed by atoms with Gasteiger partial charge in [-0.3, -0.25) is 0 Å². The summed E-state index contributed by atoms with van der Waals surface area (Å²) < 4.78 is -0.306. The minimum atomic E-state index is -0.306. The lowest BCUT2D eigenvalue weighted by atomic mass is 10.0. The van der Waals surface area contributed by atoms with Crippen molar-refractivity contribution in [1.82, 2.24) is 19.6 Å². The molecule has 2 aromatic rings. The van der Waals surface area contributed by atoms with Gasteiger partial charge in [-0.15, -0.1) is 0 Å². The highest BCUT2D eigenvalue weighted by Gasteiger charge is 2.45. The fourth-order valence-electron chi connectivity index (χ4n) is 4.42. The molecule has 1 aliphatic carbocycles. The number of nitrogens with one attached hydrogen (secondary N) is 1. The summed E-state index contributed by atoms with van der Waals surface area (Å²) in [6.45, 7) is 2.79. The van der Waals surface area contributed by atoms with E-state index in [1.807, 2.05) is 31.1 Å². The van der Waals surface area contributed by atoms with Crippen molar-refractivity contribution in [3.05, 3.63) is 29.7 Å². The van der Waals surface area contributed by atoms with Gasteiger partial charge in [-0.25, -0.2) is 9.97 Å². The first kappa shape index (κ1) is 18.1. The zero-order chi connectivity index (χ0) is 19.0. The number of rotatable bonds is 4. The van der Waals surface area contributed by atoms with Crippen LogP contribution in [0.3, 0.4) is 0 Å². The van der Waals surface area contributed by atoms with Gasteiger partial charge in [-0.2, -0.15) is 4.98 Å². The quantitative estimate of drug-likeness (QED) is 0.657. The molecule has 0 bridgehead atoms. The van der Waals surface area contributed by atoms with Crippen LogP contribution in [0.2, 0.25) is 0 Å². The average Bonchev–Trinajstić information content (AvgIpc) is 3.23. The molecule has 0 radical (unpaired) electrons. The molecule has 2 unspecified atom stereocenters. The Hall–Kier alpha value is -2.25. The zero-order valence-electron chi connectivity index (χ0n) is 16.4. The van der Waals surface area contributed by atoms with Crippen LogP contribution >= 0.6 is 0 Å². The van der Waals surface area contributed by atoms with Crippen LogP contribution in [-0.2, 0) is 0 Å². The van der Waals surface area contributed by atoms with Crippen molar-refractivity contribution in [1.29, 1.82) is 0 Å². The second-order valence-electron chi connectivity index (χ2n) is 7.82. The van der Waals surface area contributed by atoms with Crippen LogP contribution in [0.1, 0.15) is 39.0 Å². The second-order valence-corrected chi connectivity index (χ2v) is 7.82. The van der Waals surface area contributed by atoms with E-state index < -0.39 is 0 Å². The zero-order valence-corrected chi connectivity index (χ0v) is 16.4. The highest BCUT2D eigenvalue weighted by Crippen LogP contribution is 2.43. The van der Waals surface area contributed by atoms with Crippen molar-refractivity contribution >= 4 is 17.3 Å². The van der Waals surface area contributed by atoms with Gasteiger partial charge >= 0.3 is 0 Å². The largest absolute Gasteiger partial charge is 0.626 e. The van der Waals surface area contributed by atoms with E-state index >= 15 is 0 Å². The highest BCUT2D eigenvalue weighted by molar-refractivity contribution is 5.70. The molecular weight excluding hydrogens is 340 g/mol. The second kappa shape index (κ2) is 7.05. The Morgan fingerprint density at radius 1 is 1.26 bits per heavy atom. The molecule has 4 rings (SSSR count). The molecule has 27 heavy (non-hydrogen) atoms. The standard InChI is InChI=1S/C20H28N6O/c1-4-15-12-22-17-13-23-19(14-9-10-21-18(11-14)25(2)3)24-20(17)26(15,27)16-7-5-6-8-16/h9-11,13,15-16,22H,4-8,12H2,1-3H3. The number of pyridine rings is 1. The van der Waals surface area contributed by atoms with Crippen LogP contribution in [0.15, 0.2) is 24.5 Å². The van der Waals surface area contributed by atoms with Gasteiger partial charge < -0.3 is 20.1 Å². The summed E-state index contributed by atoms with van der Waals surface area (Å²) in [5, 5.41) is 17.6. The summed E-state index contributed by atoms with van der Waals surface area (Å²) in [7, 11) is 3.91. The predicted molar refractivity (Wildman–Crippen MR) is 110 cm³/mol.